The second-order valence-electron chi connectivity index (χ2n) is 11.8. The van der Waals surface area contributed by atoms with Crippen molar-refractivity contribution in [3.63, 3.8) is 0 Å². The molecule has 4 aliphatic rings. The van der Waals surface area contributed by atoms with Gasteiger partial charge in [0.25, 0.3) is 0 Å². The smallest absolute Gasteiger partial charge is 0.323 e. The molecule has 4 rings (SSSR count). The monoisotopic (exact) mass is 487 g/mol. The number of carbonyl (C=O) groups is 2. The number of hydrogen-bond donors (Lipinski definition) is 1. The van der Waals surface area contributed by atoms with Crippen LogP contribution in [0.3, 0.4) is 0 Å². The van der Waals surface area contributed by atoms with Gasteiger partial charge in [0.05, 0.1) is 18.6 Å². The summed E-state index contributed by atoms with van der Waals surface area (Å²) in [5.41, 5.74) is -0.179. The van der Waals surface area contributed by atoms with Crippen molar-refractivity contribution < 1.29 is 24.2 Å². The minimum atomic E-state index is -1.12. The Morgan fingerprint density at radius 3 is 2.63 bits per heavy atom. The summed E-state index contributed by atoms with van der Waals surface area (Å²) in [6.07, 6.45) is 12.7. The van der Waals surface area contributed by atoms with Crippen LogP contribution in [0.25, 0.3) is 0 Å². The van der Waals surface area contributed by atoms with E-state index in [0.29, 0.717) is 24.4 Å². The third-order valence-electron chi connectivity index (χ3n) is 9.47. The molecule has 0 aromatic rings. The van der Waals surface area contributed by atoms with Gasteiger partial charge in [-0.15, -0.1) is 0 Å². The lowest BCUT2D eigenvalue weighted by atomic mass is 9.56. The summed E-state index contributed by atoms with van der Waals surface area (Å²) < 4.78 is 11.0. The second-order valence-corrected chi connectivity index (χ2v) is 11.8. The van der Waals surface area contributed by atoms with Crippen LogP contribution in [0.1, 0.15) is 79.6 Å². The van der Waals surface area contributed by atoms with Crippen LogP contribution < -0.4 is 0 Å². The molecule has 6 heteroatoms. The number of rotatable bonds is 6. The van der Waals surface area contributed by atoms with Crippen LogP contribution in [-0.4, -0.2) is 59.4 Å². The molecule has 1 saturated heterocycles. The maximum Gasteiger partial charge on any atom is 0.323 e. The number of likely N-dealkylation sites (tertiary alicyclic amines) is 1. The lowest BCUT2D eigenvalue weighted by Gasteiger charge is -2.53. The van der Waals surface area contributed by atoms with Crippen LogP contribution in [0.4, 0.5) is 0 Å². The maximum atomic E-state index is 13.0. The molecular formula is C29H45NO5. The quantitative estimate of drug-likeness (QED) is 0.441. The maximum absolute atomic E-state index is 13.0. The molecule has 9 atom stereocenters. The van der Waals surface area contributed by atoms with Crippen LogP contribution in [0.2, 0.25) is 0 Å². The lowest BCUT2D eigenvalue weighted by molar-refractivity contribution is -0.155. The molecule has 0 aromatic heterocycles. The topological polar surface area (TPSA) is 76.1 Å². The first-order valence-corrected chi connectivity index (χ1v) is 13.9. The highest BCUT2D eigenvalue weighted by Gasteiger charge is 2.54. The fourth-order valence-electron chi connectivity index (χ4n) is 7.50. The number of ether oxygens (including phenoxy) is 2. The molecule has 0 aromatic carbocycles. The van der Waals surface area contributed by atoms with Crippen molar-refractivity contribution in [2.75, 3.05) is 19.7 Å². The summed E-state index contributed by atoms with van der Waals surface area (Å²) in [5, 5.41) is 11.8. The van der Waals surface area contributed by atoms with Crippen molar-refractivity contribution in [1.29, 1.82) is 0 Å². The van der Waals surface area contributed by atoms with E-state index in [1.807, 2.05) is 13.8 Å². The van der Waals surface area contributed by atoms with Crippen LogP contribution >= 0.6 is 0 Å². The fourth-order valence-corrected chi connectivity index (χ4v) is 7.50. The highest BCUT2D eigenvalue weighted by Crippen LogP contribution is 2.51. The normalized spacial score (nSPS) is 40.6. The Bertz CT molecular complexity index is 811. The van der Waals surface area contributed by atoms with E-state index in [2.05, 4.69) is 31.2 Å². The van der Waals surface area contributed by atoms with E-state index in [9.17, 15) is 14.7 Å². The Morgan fingerprint density at radius 2 is 1.94 bits per heavy atom. The Labute approximate surface area is 211 Å². The fraction of sp³-hybridized carbons (Fsp3) is 0.828. The summed E-state index contributed by atoms with van der Waals surface area (Å²) in [7, 11) is 0. The van der Waals surface area contributed by atoms with E-state index >= 15 is 0 Å². The van der Waals surface area contributed by atoms with Gasteiger partial charge >= 0.3 is 11.9 Å². The van der Waals surface area contributed by atoms with Crippen molar-refractivity contribution in [1.82, 2.24) is 4.90 Å². The summed E-state index contributed by atoms with van der Waals surface area (Å²) >= 11 is 0. The largest absolute Gasteiger partial charge is 0.465 e. The van der Waals surface area contributed by atoms with Crippen molar-refractivity contribution in [2.24, 2.45) is 35.5 Å². The van der Waals surface area contributed by atoms with Gasteiger partial charge in [0.2, 0.25) is 0 Å². The third-order valence-corrected chi connectivity index (χ3v) is 9.47. The Hall–Kier alpha value is -1.40. The number of fused-ring (bicyclic) bond motifs is 2. The molecule has 0 amide bonds. The predicted octanol–water partition coefficient (Wildman–Crippen LogP) is 4.43. The van der Waals surface area contributed by atoms with E-state index in [4.69, 9.17) is 9.47 Å². The molecule has 196 valence electrons. The van der Waals surface area contributed by atoms with Gasteiger partial charge in [-0.2, -0.15) is 0 Å². The van der Waals surface area contributed by atoms with Gasteiger partial charge in [-0.3, -0.25) is 14.5 Å². The van der Waals surface area contributed by atoms with Gasteiger partial charge < -0.3 is 14.6 Å². The van der Waals surface area contributed by atoms with Crippen molar-refractivity contribution >= 4 is 11.9 Å². The first kappa shape index (κ1) is 26.7. The zero-order chi connectivity index (χ0) is 25.3. The SMILES string of the molecule is CCOC(=O)C1CC2CCCCC2CN1C[C@@H](C)[C@@H]1CC[C@@H](C)[C@]2(O)[C][C@@H](OC(C)=O)C(C)=C[C@H]12. The van der Waals surface area contributed by atoms with E-state index in [1.54, 1.807) is 0 Å². The number of piperidine rings is 1. The molecule has 1 N–H and O–H groups in total. The van der Waals surface area contributed by atoms with Gasteiger partial charge in [0, 0.05) is 25.9 Å². The molecule has 35 heavy (non-hydrogen) atoms. The first-order valence-electron chi connectivity index (χ1n) is 13.9. The number of esters is 2. The molecule has 0 bridgehead atoms. The van der Waals surface area contributed by atoms with E-state index in [0.717, 1.165) is 37.9 Å². The number of hydrogen-bond acceptors (Lipinski definition) is 6. The molecule has 1 heterocycles. The number of aliphatic hydroxyl groups is 1. The third kappa shape index (κ3) is 5.49. The molecule has 1 aliphatic heterocycles. The molecule has 0 spiro atoms. The zero-order valence-electron chi connectivity index (χ0n) is 22.3. The Balaban J connectivity index is 1.53. The minimum Gasteiger partial charge on any atom is -0.465 e. The molecule has 3 fully saturated rings. The van der Waals surface area contributed by atoms with Gasteiger partial charge in [0.15, 0.2) is 0 Å². The van der Waals surface area contributed by atoms with Gasteiger partial charge in [-0.1, -0.05) is 39.2 Å². The highest BCUT2D eigenvalue weighted by atomic mass is 16.5. The predicted molar refractivity (Wildman–Crippen MR) is 134 cm³/mol. The minimum absolute atomic E-state index is 0.0450. The van der Waals surface area contributed by atoms with E-state index in [1.165, 1.54) is 32.6 Å². The average Bonchev–Trinajstić information content (AvgIpc) is 2.80. The van der Waals surface area contributed by atoms with E-state index < -0.39 is 11.7 Å². The van der Waals surface area contributed by atoms with Crippen molar-refractivity contribution in [3.8, 4) is 0 Å². The average molecular weight is 488 g/mol. The second kappa shape index (κ2) is 10.9. The molecule has 3 aliphatic carbocycles. The summed E-state index contributed by atoms with van der Waals surface area (Å²) in [4.78, 5) is 27.0. The summed E-state index contributed by atoms with van der Waals surface area (Å²) in [6.45, 7) is 11.8. The molecule has 2 radical (unpaired) electrons. The molecule has 3 unspecified atom stereocenters. The highest BCUT2D eigenvalue weighted by molar-refractivity contribution is 5.76. The van der Waals surface area contributed by atoms with Crippen LogP contribution in [0, 0.1) is 41.9 Å². The van der Waals surface area contributed by atoms with Gasteiger partial charge in [-0.25, -0.2) is 0 Å². The van der Waals surface area contributed by atoms with Crippen LogP contribution in [0.5, 0.6) is 0 Å². The summed E-state index contributed by atoms with van der Waals surface area (Å²) in [5.74, 6) is 1.42. The Kier molecular flexibility index (Phi) is 8.32. The standard InChI is InChI=1S/C29H45NO5/c1-6-34-28(32)26-14-22-9-7-8-10-23(22)17-30(26)16-19(3)24-12-11-20(4)29(33)15-27(35-21(5)31)18(2)13-25(24)29/h13,19-20,22-27,33H,6-12,14,16-17H2,1-5H3/t19-,20-,22?,23?,24+,25-,26?,27-,29-/m1/s1. The molecule has 2 saturated carbocycles. The lowest BCUT2D eigenvalue weighted by Crippen LogP contribution is -2.58. The van der Waals surface area contributed by atoms with Gasteiger partial charge in [0.1, 0.15) is 12.1 Å². The zero-order valence-corrected chi connectivity index (χ0v) is 22.3. The molecular weight excluding hydrogens is 442 g/mol. The first-order chi connectivity index (χ1) is 16.6. The van der Waals surface area contributed by atoms with E-state index in [-0.39, 0.29) is 35.7 Å². The number of carbonyl (C=O) groups excluding carboxylic acids is 2. The van der Waals surface area contributed by atoms with Crippen LogP contribution in [-0.2, 0) is 19.1 Å². The number of nitrogens with zero attached hydrogens (tertiary/aromatic N) is 1. The van der Waals surface area contributed by atoms with Crippen LogP contribution in [0.15, 0.2) is 11.6 Å². The van der Waals surface area contributed by atoms with Crippen molar-refractivity contribution in [2.45, 2.75) is 97.3 Å². The molecule has 6 nitrogen and oxygen atoms in total. The van der Waals surface area contributed by atoms with Crippen molar-refractivity contribution in [3.05, 3.63) is 18.1 Å². The summed E-state index contributed by atoms with van der Waals surface area (Å²) in [6, 6.07) is -0.159. The Morgan fingerprint density at radius 1 is 1.23 bits per heavy atom. The van der Waals surface area contributed by atoms with Gasteiger partial charge in [-0.05, 0) is 74.7 Å².